The van der Waals surface area contributed by atoms with E-state index in [-0.39, 0.29) is 5.56 Å². The zero-order valence-corrected chi connectivity index (χ0v) is 17.6. The molecule has 156 valence electrons. The first kappa shape index (κ1) is 19.1. The number of pyridine rings is 2. The summed E-state index contributed by atoms with van der Waals surface area (Å²) in [5.41, 5.74) is 3.32. The molecule has 0 radical (unpaired) electrons. The van der Waals surface area contributed by atoms with E-state index < -0.39 is 0 Å². The van der Waals surface area contributed by atoms with Crippen LogP contribution < -0.4 is 15.8 Å². The van der Waals surface area contributed by atoms with Crippen LogP contribution in [0.2, 0.25) is 0 Å². The molecule has 1 aromatic carbocycles. The predicted octanol–water partition coefficient (Wildman–Crippen LogP) is 4.01. The first-order chi connectivity index (χ1) is 14.7. The summed E-state index contributed by atoms with van der Waals surface area (Å²) in [6.45, 7) is 4.33. The fraction of sp³-hybridized carbons (Fsp3) is 0.417. The molecule has 3 aromatic rings. The van der Waals surface area contributed by atoms with Gasteiger partial charge in [0.15, 0.2) is 0 Å². The van der Waals surface area contributed by atoms with Crippen LogP contribution in [0.3, 0.4) is 0 Å². The second kappa shape index (κ2) is 8.11. The van der Waals surface area contributed by atoms with Gasteiger partial charge >= 0.3 is 0 Å². The molecule has 2 aliphatic rings. The minimum absolute atomic E-state index is 0.0862. The third-order valence-corrected chi connectivity index (χ3v) is 6.51. The Kier molecular flexibility index (Phi) is 5.17. The molecule has 6 heteroatoms. The molecular formula is C24H29N5O. The van der Waals surface area contributed by atoms with Crippen molar-refractivity contribution in [3.05, 3.63) is 59.0 Å². The van der Waals surface area contributed by atoms with Crippen molar-refractivity contribution < 1.29 is 0 Å². The summed E-state index contributed by atoms with van der Waals surface area (Å²) in [6.07, 6.45) is 6.42. The largest absolute Gasteiger partial charge is 0.369 e. The van der Waals surface area contributed by atoms with E-state index in [2.05, 4.69) is 51.4 Å². The number of anilines is 3. The van der Waals surface area contributed by atoms with E-state index >= 15 is 0 Å². The Bertz CT molecular complexity index is 1080. The fourth-order valence-corrected chi connectivity index (χ4v) is 4.73. The highest BCUT2D eigenvalue weighted by Crippen LogP contribution is 2.31. The summed E-state index contributed by atoms with van der Waals surface area (Å²) in [4.78, 5) is 22.0. The molecule has 0 spiro atoms. The standard InChI is InChI=1S/C24H29N5O/c1-27-12-14-28(15-13-27)20-9-7-19(8-10-20)26-23-16-22-18(17-25-23)6-11-24(30)29(22)21-4-2-3-5-21/h6-11,16-17,21H,2-5,12-15H2,1H3,(H,25,26). The van der Waals surface area contributed by atoms with Crippen molar-refractivity contribution in [1.82, 2.24) is 14.5 Å². The number of benzene rings is 1. The Morgan fingerprint density at radius 2 is 1.70 bits per heavy atom. The Balaban J connectivity index is 1.39. The molecule has 0 bridgehead atoms. The zero-order valence-electron chi connectivity index (χ0n) is 17.6. The molecular weight excluding hydrogens is 374 g/mol. The lowest BCUT2D eigenvalue weighted by Crippen LogP contribution is -2.44. The molecule has 30 heavy (non-hydrogen) atoms. The maximum absolute atomic E-state index is 12.6. The minimum atomic E-state index is 0.0862. The van der Waals surface area contributed by atoms with Crippen molar-refractivity contribution in [3.63, 3.8) is 0 Å². The number of aromatic nitrogens is 2. The maximum atomic E-state index is 12.6. The quantitative estimate of drug-likeness (QED) is 0.713. The SMILES string of the molecule is CN1CCN(c2ccc(Nc3cc4c(ccc(=O)n4C4CCCC4)cn3)cc2)CC1. The first-order valence-corrected chi connectivity index (χ1v) is 11.0. The number of nitrogens with zero attached hydrogens (tertiary/aromatic N) is 4. The van der Waals surface area contributed by atoms with Gasteiger partial charge in [0, 0.05) is 67.3 Å². The van der Waals surface area contributed by atoms with Gasteiger partial charge in [-0.15, -0.1) is 0 Å². The highest BCUT2D eigenvalue weighted by Gasteiger charge is 2.20. The molecule has 0 unspecified atom stereocenters. The van der Waals surface area contributed by atoms with Gasteiger partial charge in [-0.05, 0) is 50.2 Å². The molecule has 1 N–H and O–H groups in total. The topological polar surface area (TPSA) is 53.4 Å². The van der Waals surface area contributed by atoms with Gasteiger partial charge in [-0.3, -0.25) is 4.79 Å². The number of piperazine rings is 1. The van der Waals surface area contributed by atoms with Crippen LogP contribution in [-0.4, -0.2) is 47.7 Å². The van der Waals surface area contributed by atoms with Gasteiger partial charge in [-0.1, -0.05) is 12.8 Å². The average Bonchev–Trinajstić information content (AvgIpc) is 3.29. The molecule has 0 amide bonds. The molecule has 6 nitrogen and oxygen atoms in total. The zero-order chi connectivity index (χ0) is 20.5. The van der Waals surface area contributed by atoms with Crippen molar-refractivity contribution in [2.75, 3.05) is 43.4 Å². The summed E-state index contributed by atoms with van der Waals surface area (Å²) >= 11 is 0. The lowest BCUT2D eigenvalue weighted by Gasteiger charge is -2.34. The summed E-state index contributed by atoms with van der Waals surface area (Å²) in [5, 5.41) is 4.43. The van der Waals surface area contributed by atoms with E-state index in [1.807, 2.05) is 22.9 Å². The Morgan fingerprint density at radius 3 is 2.43 bits per heavy atom. The van der Waals surface area contributed by atoms with E-state index in [4.69, 9.17) is 0 Å². The van der Waals surface area contributed by atoms with Gasteiger partial charge in [0.25, 0.3) is 5.56 Å². The lowest BCUT2D eigenvalue weighted by atomic mass is 10.2. The molecule has 2 fully saturated rings. The van der Waals surface area contributed by atoms with Crippen molar-refractivity contribution >= 4 is 28.1 Å². The number of fused-ring (bicyclic) bond motifs is 1. The van der Waals surface area contributed by atoms with Crippen LogP contribution in [0.1, 0.15) is 31.7 Å². The number of hydrogen-bond donors (Lipinski definition) is 1. The Morgan fingerprint density at radius 1 is 0.967 bits per heavy atom. The number of nitrogens with one attached hydrogen (secondary N) is 1. The van der Waals surface area contributed by atoms with Crippen LogP contribution in [-0.2, 0) is 0 Å². The van der Waals surface area contributed by atoms with Crippen LogP contribution in [0.5, 0.6) is 0 Å². The average molecular weight is 404 g/mol. The van der Waals surface area contributed by atoms with Crippen molar-refractivity contribution in [1.29, 1.82) is 0 Å². The fourth-order valence-electron chi connectivity index (χ4n) is 4.73. The van der Waals surface area contributed by atoms with Crippen LogP contribution in [0.25, 0.3) is 10.9 Å². The molecule has 3 heterocycles. The molecule has 1 aliphatic carbocycles. The molecule has 2 aromatic heterocycles. The van der Waals surface area contributed by atoms with Gasteiger partial charge in [0.1, 0.15) is 5.82 Å². The van der Waals surface area contributed by atoms with Gasteiger partial charge in [-0.2, -0.15) is 0 Å². The van der Waals surface area contributed by atoms with Gasteiger partial charge in [-0.25, -0.2) is 4.98 Å². The van der Waals surface area contributed by atoms with E-state index in [1.165, 1.54) is 18.5 Å². The highest BCUT2D eigenvalue weighted by molar-refractivity contribution is 5.81. The highest BCUT2D eigenvalue weighted by atomic mass is 16.1. The summed E-state index contributed by atoms with van der Waals surface area (Å²) in [6, 6.07) is 14.4. The monoisotopic (exact) mass is 403 g/mol. The normalized spacial score (nSPS) is 18.2. The number of likely N-dealkylation sites (N-methyl/N-ethyl adjacent to an activating group) is 1. The Hall–Kier alpha value is -2.86. The van der Waals surface area contributed by atoms with Gasteiger partial charge in [0.05, 0.1) is 5.52 Å². The number of rotatable bonds is 4. The van der Waals surface area contributed by atoms with Crippen molar-refractivity contribution in [2.45, 2.75) is 31.7 Å². The lowest BCUT2D eigenvalue weighted by molar-refractivity contribution is 0.313. The molecule has 0 atom stereocenters. The van der Waals surface area contributed by atoms with Crippen molar-refractivity contribution in [2.24, 2.45) is 0 Å². The maximum Gasteiger partial charge on any atom is 0.251 e. The van der Waals surface area contributed by atoms with E-state index in [1.54, 1.807) is 6.07 Å². The van der Waals surface area contributed by atoms with E-state index in [0.29, 0.717) is 6.04 Å². The number of hydrogen-bond acceptors (Lipinski definition) is 5. The summed E-state index contributed by atoms with van der Waals surface area (Å²) in [5.74, 6) is 0.771. The van der Waals surface area contributed by atoms with Gasteiger partial charge in [0.2, 0.25) is 0 Å². The summed E-state index contributed by atoms with van der Waals surface area (Å²) in [7, 11) is 2.17. The molecule has 1 aliphatic heterocycles. The minimum Gasteiger partial charge on any atom is -0.369 e. The summed E-state index contributed by atoms with van der Waals surface area (Å²) < 4.78 is 1.98. The van der Waals surface area contributed by atoms with Crippen LogP contribution in [0, 0.1) is 0 Å². The molecule has 1 saturated heterocycles. The smallest absolute Gasteiger partial charge is 0.251 e. The van der Waals surface area contributed by atoms with Crippen LogP contribution >= 0.6 is 0 Å². The second-order valence-corrected chi connectivity index (χ2v) is 8.57. The second-order valence-electron chi connectivity index (χ2n) is 8.57. The van der Waals surface area contributed by atoms with Crippen molar-refractivity contribution in [3.8, 4) is 0 Å². The predicted molar refractivity (Wildman–Crippen MR) is 123 cm³/mol. The van der Waals surface area contributed by atoms with Crippen LogP contribution in [0.15, 0.2) is 53.5 Å². The Labute approximate surface area is 177 Å². The third-order valence-electron chi connectivity index (χ3n) is 6.51. The third kappa shape index (κ3) is 3.79. The van der Waals surface area contributed by atoms with Crippen LogP contribution in [0.4, 0.5) is 17.2 Å². The van der Waals surface area contributed by atoms with E-state index in [9.17, 15) is 4.79 Å². The molecule has 1 saturated carbocycles. The molecule has 5 rings (SSSR count). The van der Waals surface area contributed by atoms with E-state index in [0.717, 1.165) is 61.4 Å². The first-order valence-electron chi connectivity index (χ1n) is 11.0. The van der Waals surface area contributed by atoms with Gasteiger partial charge < -0.3 is 19.7 Å².